The number of hydrogen-bond acceptors (Lipinski definition) is 7. The Labute approximate surface area is 221 Å². The predicted octanol–water partition coefficient (Wildman–Crippen LogP) is 4.42. The summed E-state index contributed by atoms with van der Waals surface area (Å²) in [6, 6.07) is 11.7. The molecule has 0 radical (unpaired) electrons. The normalized spacial score (nSPS) is 10.8. The lowest BCUT2D eigenvalue weighted by atomic mass is 10.1. The number of methoxy groups -OCH3 is 3. The summed E-state index contributed by atoms with van der Waals surface area (Å²) in [5.74, 6) is 1.17. The predicted molar refractivity (Wildman–Crippen MR) is 144 cm³/mol. The van der Waals surface area contributed by atoms with Crippen molar-refractivity contribution in [1.82, 2.24) is 9.80 Å². The van der Waals surface area contributed by atoms with E-state index in [1.807, 2.05) is 46.0 Å². The SMILES string of the molecule is COCCN(CC(=O)N(CCc1ccc(OC)c(OC)c1)Cc1sccc1C)C(=O)Cc1cccs1. The topological polar surface area (TPSA) is 68.3 Å². The molecule has 0 atom stereocenters. The molecule has 0 N–H and O–H groups in total. The minimum atomic E-state index is -0.0843. The molecule has 7 nitrogen and oxygen atoms in total. The molecule has 194 valence electrons. The average molecular weight is 531 g/mol. The molecule has 0 unspecified atom stereocenters. The Kier molecular flexibility index (Phi) is 10.8. The number of rotatable bonds is 14. The third-order valence-corrected chi connectivity index (χ3v) is 7.81. The van der Waals surface area contributed by atoms with Gasteiger partial charge in [0, 0.05) is 30.0 Å². The van der Waals surface area contributed by atoms with Crippen molar-refractivity contribution in [3.8, 4) is 11.5 Å². The van der Waals surface area contributed by atoms with Crippen molar-refractivity contribution in [2.75, 3.05) is 47.6 Å². The van der Waals surface area contributed by atoms with Crippen molar-refractivity contribution in [1.29, 1.82) is 0 Å². The number of carbonyl (C=O) groups excluding carboxylic acids is 2. The Morgan fingerprint density at radius 2 is 1.69 bits per heavy atom. The van der Waals surface area contributed by atoms with Crippen LogP contribution in [0.3, 0.4) is 0 Å². The number of thiophene rings is 2. The van der Waals surface area contributed by atoms with Crippen LogP contribution in [0.1, 0.15) is 20.9 Å². The van der Waals surface area contributed by atoms with Gasteiger partial charge in [-0.2, -0.15) is 0 Å². The maximum atomic E-state index is 13.6. The van der Waals surface area contributed by atoms with Crippen LogP contribution in [0.4, 0.5) is 0 Å². The summed E-state index contributed by atoms with van der Waals surface area (Å²) in [7, 11) is 4.81. The fraction of sp³-hybridized carbons (Fsp3) is 0.407. The van der Waals surface area contributed by atoms with Gasteiger partial charge in [0.1, 0.15) is 0 Å². The smallest absolute Gasteiger partial charge is 0.242 e. The first-order valence-corrected chi connectivity index (χ1v) is 13.5. The zero-order chi connectivity index (χ0) is 25.9. The summed E-state index contributed by atoms with van der Waals surface area (Å²) >= 11 is 3.18. The molecule has 3 rings (SSSR count). The standard InChI is InChI=1S/C27H34N2O5S2/c1-20-10-15-36-25(20)18-28(11-9-21-7-8-23(33-3)24(16-21)34-4)27(31)19-29(12-13-32-2)26(30)17-22-6-5-14-35-22/h5-8,10,14-16H,9,11-13,17-19H2,1-4H3. The summed E-state index contributed by atoms with van der Waals surface area (Å²) in [5.41, 5.74) is 2.20. The van der Waals surface area contributed by atoms with Gasteiger partial charge >= 0.3 is 0 Å². The molecule has 0 fully saturated rings. The maximum Gasteiger partial charge on any atom is 0.242 e. The fourth-order valence-electron chi connectivity index (χ4n) is 3.76. The van der Waals surface area contributed by atoms with Gasteiger partial charge in [0.2, 0.25) is 11.8 Å². The van der Waals surface area contributed by atoms with Crippen molar-refractivity contribution in [3.63, 3.8) is 0 Å². The second-order valence-electron chi connectivity index (χ2n) is 8.35. The Balaban J connectivity index is 1.74. The Hall–Kier alpha value is -2.88. The van der Waals surface area contributed by atoms with Gasteiger partial charge in [-0.25, -0.2) is 0 Å². The van der Waals surface area contributed by atoms with Crippen LogP contribution in [-0.4, -0.2) is 69.2 Å². The number of hydrogen-bond donors (Lipinski definition) is 0. The lowest BCUT2D eigenvalue weighted by Crippen LogP contribution is -2.45. The molecule has 2 heterocycles. The molecule has 2 amide bonds. The highest BCUT2D eigenvalue weighted by atomic mass is 32.1. The second-order valence-corrected chi connectivity index (χ2v) is 10.4. The van der Waals surface area contributed by atoms with Gasteiger partial charge in [-0.05, 0) is 59.5 Å². The number of aryl methyl sites for hydroxylation is 1. The van der Waals surface area contributed by atoms with Gasteiger partial charge in [0.15, 0.2) is 11.5 Å². The molecule has 0 saturated carbocycles. The Morgan fingerprint density at radius 3 is 2.33 bits per heavy atom. The van der Waals surface area contributed by atoms with Gasteiger partial charge in [-0.15, -0.1) is 22.7 Å². The minimum absolute atomic E-state index is 0.0178. The summed E-state index contributed by atoms with van der Waals surface area (Å²) in [6.07, 6.45) is 0.933. The van der Waals surface area contributed by atoms with Gasteiger partial charge in [-0.3, -0.25) is 9.59 Å². The quantitative estimate of drug-likeness (QED) is 0.309. The summed E-state index contributed by atoms with van der Waals surface area (Å²) in [5, 5.41) is 3.99. The summed E-state index contributed by atoms with van der Waals surface area (Å²) in [6.45, 7) is 3.84. The molecule has 0 spiro atoms. The van der Waals surface area contributed by atoms with E-state index < -0.39 is 0 Å². The first-order valence-electron chi connectivity index (χ1n) is 11.8. The van der Waals surface area contributed by atoms with E-state index in [1.54, 1.807) is 48.9 Å². The van der Waals surface area contributed by atoms with Crippen LogP contribution in [0.25, 0.3) is 0 Å². The molecule has 0 bridgehead atoms. The van der Waals surface area contributed by atoms with Crippen molar-refractivity contribution < 1.29 is 23.8 Å². The molecule has 36 heavy (non-hydrogen) atoms. The van der Waals surface area contributed by atoms with Crippen molar-refractivity contribution in [2.45, 2.75) is 26.3 Å². The molecule has 2 aromatic heterocycles. The largest absolute Gasteiger partial charge is 0.493 e. The van der Waals surface area contributed by atoms with Crippen LogP contribution < -0.4 is 9.47 Å². The molecule has 1 aromatic carbocycles. The zero-order valence-corrected chi connectivity index (χ0v) is 23.0. The lowest BCUT2D eigenvalue weighted by molar-refractivity contribution is -0.141. The monoisotopic (exact) mass is 530 g/mol. The molecule has 0 aliphatic rings. The van der Waals surface area contributed by atoms with Crippen LogP contribution in [0.5, 0.6) is 11.5 Å². The third kappa shape index (κ3) is 7.81. The van der Waals surface area contributed by atoms with E-state index in [9.17, 15) is 9.59 Å². The van der Waals surface area contributed by atoms with Crippen molar-refractivity contribution in [2.24, 2.45) is 0 Å². The van der Waals surface area contributed by atoms with Crippen LogP contribution in [0.2, 0.25) is 0 Å². The van der Waals surface area contributed by atoms with E-state index in [-0.39, 0.29) is 24.8 Å². The van der Waals surface area contributed by atoms with Crippen LogP contribution in [0.15, 0.2) is 47.2 Å². The highest BCUT2D eigenvalue weighted by molar-refractivity contribution is 7.10. The third-order valence-electron chi connectivity index (χ3n) is 5.92. The maximum absolute atomic E-state index is 13.6. The van der Waals surface area contributed by atoms with E-state index >= 15 is 0 Å². The minimum Gasteiger partial charge on any atom is -0.493 e. The Morgan fingerprint density at radius 1 is 0.889 bits per heavy atom. The second kappa shape index (κ2) is 14.0. The van der Waals surface area contributed by atoms with Crippen LogP contribution >= 0.6 is 22.7 Å². The molecular formula is C27H34N2O5S2. The van der Waals surface area contributed by atoms with Crippen LogP contribution in [-0.2, 0) is 33.7 Å². The molecular weight excluding hydrogens is 496 g/mol. The molecule has 9 heteroatoms. The van der Waals surface area contributed by atoms with E-state index in [2.05, 4.69) is 13.0 Å². The number of benzene rings is 1. The zero-order valence-electron chi connectivity index (χ0n) is 21.3. The van der Waals surface area contributed by atoms with Crippen LogP contribution in [0, 0.1) is 6.92 Å². The van der Waals surface area contributed by atoms with Crippen molar-refractivity contribution >= 4 is 34.5 Å². The Bertz CT molecular complexity index is 1110. The van der Waals surface area contributed by atoms with Gasteiger partial charge < -0.3 is 24.0 Å². The average Bonchev–Trinajstić information content (AvgIpc) is 3.55. The van der Waals surface area contributed by atoms with E-state index in [4.69, 9.17) is 14.2 Å². The van der Waals surface area contributed by atoms with Gasteiger partial charge in [0.05, 0.1) is 40.3 Å². The molecule has 0 aliphatic heterocycles. The lowest BCUT2D eigenvalue weighted by Gasteiger charge is -2.28. The first kappa shape index (κ1) is 27.7. The van der Waals surface area contributed by atoms with Gasteiger partial charge in [0.25, 0.3) is 0 Å². The number of ether oxygens (including phenoxy) is 3. The summed E-state index contributed by atoms with van der Waals surface area (Å²) < 4.78 is 16.0. The summed E-state index contributed by atoms with van der Waals surface area (Å²) in [4.78, 5) is 32.2. The van der Waals surface area contributed by atoms with Crippen molar-refractivity contribution in [3.05, 3.63) is 68.0 Å². The first-order chi connectivity index (χ1) is 17.4. The van der Waals surface area contributed by atoms with E-state index in [0.717, 1.165) is 20.9 Å². The highest BCUT2D eigenvalue weighted by Gasteiger charge is 2.23. The number of nitrogens with zero attached hydrogens (tertiary/aromatic N) is 2. The fourth-order valence-corrected chi connectivity index (χ4v) is 5.38. The molecule has 3 aromatic rings. The van der Waals surface area contributed by atoms with E-state index in [1.165, 1.54) is 0 Å². The van der Waals surface area contributed by atoms with Gasteiger partial charge in [-0.1, -0.05) is 12.1 Å². The molecule has 0 saturated heterocycles. The highest BCUT2D eigenvalue weighted by Crippen LogP contribution is 2.28. The number of carbonyl (C=O) groups is 2. The van der Waals surface area contributed by atoms with E-state index in [0.29, 0.717) is 44.2 Å². The molecule has 0 aliphatic carbocycles. The number of amides is 2.